The lowest BCUT2D eigenvalue weighted by molar-refractivity contribution is -0.140. The van der Waals surface area contributed by atoms with Crippen molar-refractivity contribution in [3.8, 4) is 0 Å². The molecule has 0 unspecified atom stereocenters. The van der Waals surface area contributed by atoms with E-state index in [0.29, 0.717) is 35.3 Å². The van der Waals surface area contributed by atoms with Gasteiger partial charge in [0, 0.05) is 19.2 Å². The number of furan rings is 1. The molecule has 0 aliphatic rings. The van der Waals surface area contributed by atoms with Crippen LogP contribution in [-0.2, 0) is 16.1 Å². The molecular weight excluding hydrogens is 420 g/mol. The summed E-state index contributed by atoms with van der Waals surface area (Å²) < 4.78 is 7.37. The Hall–Kier alpha value is -4.35. The largest absolute Gasteiger partial charge is 0.481 e. The van der Waals surface area contributed by atoms with Gasteiger partial charge in [-0.25, -0.2) is 9.78 Å². The number of hydrogen-bond acceptors (Lipinski definition) is 8. The second kappa shape index (κ2) is 9.20. The Balaban J connectivity index is 1.63. The number of fused-ring (bicyclic) bond motifs is 1. The molecule has 0 saturated carbocycles. The zero-order chi connectivity index (χ0) is 23.4. The third-order valence-electron chi connectivity index (χ3n) is 4.74. The molecule has 0 aliphatic heterocycles. The van der Waals surface area contributed by atoms with Gasteiger partial charge in [-0.1, -0.05) is 6.58 Å². The minimum absolute atomic E-state index is 0.0895. The zero-order valence-electron chi connectivity index (χ0n) is 16.9. The van der Waals surface area contributed by atoms with E-state index in [2.05, 4.69) is 21.9 Å². The van der Waals surface area contributed by atoms with Crippen molar-refractivity contribution >= 4 is 46.2 Å². The molecule has 0 aliphatic carbocycles. The first-order valence-electron chi connectivity index (χ1n) is 9.57. The number of nitrogens with zero attached hydrogens (tertiary/aromatic N) is 3. The molecule has 0 spiro atoms. The van der Waals surface area contributed by atoms with Crippen molar-refractivity contribution in [2.45, 2.75) is 31.8 Å². The van der Waals surface area contributed by atoms with Crippen LogP contribution in [0.15, 0.2) is 35.4 Å². The molecule has 3 rings (SSSR count). The van der Waals surface area contributed by atoms with E-state index >= 15 is 0 Å². The predicted molar refractivity (Wildman–Crippen MR) is 114 cm³/mol. The van der Waals surface area contributed by atoms with E-state index in [-0.39, 0.29) is 23.9 Å². The molecule has 3 aromatic rings. The average molecular weight is 442 g/mol. The van der Waals surface area contributed by atoms with Crippen molar-refractivity contribution in [1.29, 1.82) is 0 Å². The standard InChI is InChI=1S/C20H22N6O6/c1-10(6-8-26-9-7-11-16(26)17(21)25-20(22)24-11)13-3-4-14(32-13)18(29)23-12(19(30)31)2-5-15(27)28/h3-4,7,9,12H,1-2,5-6,8H2,(H,23,29)(H,27,28)(H,30,31)(H4,21,22,24,25)/t12-/m0/s1. The fourth-order valence-electron chi connectivity index (χ4n) is 3.12. The number of rotatable bonds is 10. The first-order valence-corrected chi connectivity index (χ1v) is 9.57. The first kappa shape index (κ1) is 22.3. The fourth-order valence-corrected chi connectivity index (χ4v) is 3.12. The molecule has 168 valence electrons. The molecule has 0 saturated heterocycles. The van der Waals surface area contributed by atoms with Crippen LogP contribution in [0.2, 0.25) is 0 Å². The van der Waals surface area contributed by atoms with E-state index in [1.54, 1.807) is 18.3 Å². The minimum atomic E-state index is -1.35. The third-order valence-corrected chi connectivity index (χ3v) is 4.74. The molecule has 7 N–H and O–H groups in total. The van der Waals surface area contributed by atoms with Crippen molar-refractivity contribution in [3.63, 3.8) is 0 Å². The van der Waals surface area contributed by atoms with Gasteiger partial charge in [-0.3, -0.25) is 9.59 Å². The topological polar surface area (TPSA) is 200 Å². The van der Waals surface area contributed by atoms with Crippen LogP contribution in [0.25, 0.3) is 16.6 Å². The Bertz CT molecular complexity index is 1200. The maximum Gasteiger partial charge on any atom is 0.326 e. The number of aromatic nitrogens is 3. The molecule has 32 heavy (non-hydrogen) atoms. The molecule has 0 fully saturated rings. The van der Waals surface area contributed by atoms with Crippen molar-refractivity contribution < 1.29 is 29.0 Å². The van der Waals surface area contributed by atoms with Gasteiger partial charge in [0.2, 0.25) is 5.95 Å². The molecule has 12 heteroatoms. The van der Waals surface area contributed by atoms with Crippen LogP contribution in [-0.4, -0.2) is 48.6 Å². The Morgan fingerprint density at radius 2 is 1.84 bits per heavy atom. The van der Waals surface area contributed by atoms with Crippen LogP contribution < -0.4 is 16.8 Å². The molecular formula is C20H22N6O6. The Morgan fingerprint density at radius 1 is 1.12 bits per heavy atom. The van der Waals surface area contributed by atoms with E-state index < -0.39 is 30.3 Å². The monoisotopic (exact) mass is 442 g/mol. The molecule has 3 heterocycles. The van der Waals surface area contributed by atoms with E-state index in [9.17, 15) is 14.4 Å². The number of carboxylic acids is 2. The molecule has 1 atom stereocenters. The van der Waals surface area contributed by atoms with Crippen molar-refractivity contribution in [1.82, 2.24) is 19.9 Å². The lowest BCUT2D eigenvalue weighted by Crippen LogP contribution is -2.41. The number of nitrogens with one attached hydrogen (secondary N) is 1. The van der Waals surface area contributed by atoms with E-state index in [4.69, 9.17) is 26.1 Å². The van der Waals surface area contributed by atoms with Crippen molar-refractivity contribution in [2.75, 3.05) is 11.5 Å². The minimum Gasteiger partial charge on any atom is -0.481 e. The third kappa shape index (κ3) is 5.03. The molecule has 1 amide bonds. The zero-order valence-corrected chi connectivity index (χ0v) is 16.9. The number of carbonyl (C=O) groups excluding carboxylic acids is 1. The highest BCUT2D eigenvalue weighted by molar-refractivity contribution is 5.94. The molecule has 0 bridgehead atoms. The van der Waals surface area contributed by atoms with Crippen LogP contribution >= 0.6 is 0 Å². The summed E-state index contributed by atoms with van der Waals surface area (Å²) in [5, 5.41) is 20.1. The summed E-state index contributed by atoms with van der Waals surface area (Å²) in [6, 6.07) is 3.37. The fraction of sp³-hybridized carbons (Fsp3) is 0.250. The highest BCUT2D eigenvalue weighted by Crippen LogP contribution is 2.24. The van der Waals surface area contributed by atoms with Gasteiger partial charge < -0.3 is 36.0 Å². The van der Waals surface area contributed by atoms with Crippen molar-refractivity contribution in [3.05, 3.63) is 42.5 Å². The normalized spacial score (nSPS) is 11.9. The number of anilines is 2. The number of allylic oxidation sites excluding steroid dienone is 1. The van der Waals surface area contributed by atoms with Gasteiger partial charge in [0.25, 0.3) is 5.91 Å². The number of carboxylic acid groups (broad SMARTS) is 2. The highest BCUT2D eigenvalue weighted by atomic mass is 16.4. The Labute approximate surface area is 181 Å². The second-order valence-electron chi connectivity index (χ2n) is 7.02. The summed E-state index contributed by atoms with van der Waals surface area (Å²) in [6.45, 7) is 4.46. The summed E-state index contributed by atoms with van der Waals surface area (Å²) in [5.74, 6) is -2.66. The number of nitrogen functional groups attached to an aromatic ring is 2. The highest BCUT2D eigenvalue weighted by Gasteiger charge is 2.23. The smallest absolute Gasteiger partial charge is 0.326 e. The summed E-state index contributed by atoms with van der Waals surface area (Å²) in [6.07, 6.45) is 1.61. The van der Waals surface area contributed by atoms with Crippen LogP contribution in [0.5, 0.6) is 0 Å². The summed E-state index contributed by atoms with van der Waals surface area (Å²) in [4.78, 5) is 42.3. The SMILES string of the molecule is C=C(CCn1ccc2nc(N)nc(N)c21)c1ccc(C(=O)N[C@@H](CCC(=O)O)C(=O)O)o1. The number of hydrogen-bond donors (Lipinski definition) is 5. The Kier molecular flexibility index (Phi) is 6.42. The predicted octanol–water partition coefficient (Wildman–Crippen LogP) is 1.34. The van der Waals surface area contributed by atoms with Gasteiger partial charge >= 0.3 is 11.9 Å². The molecule has 0 radical (unpaired) electrons. The molecule has 0 aromatic carbocycles. The van der Waals surface area contributed by atoms with Gasteiger partial charge in [0.05, 0.1) is 5.52 Å². The summed E-state index contributed by atoms with van der Waals surface area (Å²) in [5.41, 5.74) is 13.4. The molecule has 12 nitrogen and oxygen atoms in total. The van der Waals surface area contributed by atoms with Crippen LogP contribution in [0, 0.1) is 0 Å². The summed E-state index contributed by atoms with van der Waals surface area (Å²) in [7, 11) is 0. The number of carbonyl (C=O) groups is 3. The lowest BCUT2D eigenvalue weighted by Gasteiger charge is -2.12. The van der Waals surface area contributed by atoms with Crippen LogP contribution in [0.1, 0.15) is 35.6 Å². The average Bonchev–Trinajstić information content (AvgIpc) is 3.36. The number of aryl methyl sites for hydroxylation is 1. The van der Waals surface area contributed by atoms with Gasteiger partial charge in [0.15, 0.2) is 11.6 Å². The quantitative estimate of drug-likeness (QED) is 0.305. The maximum absolute atomic E-state index is 12.3. The summed E-state index contributed by atoms with van der Waals surface area (Å²) >= 11 is 0. The maximum atomic E-state index is 12.3. The van der Waals surface area contributed by atoms with Gasteiger partial charge in [-0.2, -0.15) is 4.98 Å². The van der Waals surface area contributed by atoms with E-state index in [1.807, 2.05) is 4.57 Å². The second-order valence-corrected chi connectivity index (χ2v) is 7.02. The number of amides is 1. The van der Waals surface area contributed by atoms with Gasteiger partial charge in [-0.15, -0.1) is 0 Å². The number of nitrogens with two attached hydrogens (primary N) is 2. The lowest BCUT2D eigenvalue weighted by atomic mass is 10.1. The van der Waals surface area contributed by atoms with Crippen LogP contribution in [0.4, 0.5) is 11.8 Å². The Morgan fingerprint density at radius 3 is 2.53 bits per heavy atom. The molecule has 3 aromatic heterocycles. The van der Waals surface area contributed by atoms with E-state index in [1.165, 1.54) is 6.07 Å². The first-order chi connectivity index (χ1) is 15.2. The van der Waals surface area contributed by atoms with Gasteiger partial charge in [-0.05, 0) is 36.6 Å². The van der Waals surface area contributed by atoms with Crippen molar-refractivity contribution in [2.24, 2.45) is 0 Å². The van der Waals surface area contributed by atoms with Gasteiger partial charge in [0.1, 0.15) is 17.3 Å². The number of aliphatic carboxylic acids is 2. The van der Waals surface area contributed by atoms with E-state index in [0.717, 1.165) is 0 Å². The van der Waals surface area contributed by atoms with Crippen LogP contribution in [0.3, 0.4) is 0 Å².